The molecule has 5 nitrogen and oxygen atoms in total. The molecule has 0 bridgehead atoms. The average molecular weight is 377 g/mol. The molecule has 1 aliphatic rings. The van der Waals surface area contributed by atoms with Crippen LogP contribution in [0.25, 0.3) is 0 Å². The van der Waals surface area contributed by atoms with Gasteiger partial charge in [0.25, 0.3) is 6.47 Å². The highest BCUT2D eigenvalue weighted by atomic mass is 19.1. The van der Waals surface area contributed by atoms with Crippen molar-refractivity contribution in [3.63, 3.8) is 0 Å². The molecule has 1 aromatic carbocycles. The molecule has 0 radical (unpaired) electrons. The summed E-state index contributed by atoms with van der Waals surface area (Å²) in [6, 6.07) is 5.32. The number of pyridine rings is 1. The van der Waals surface area contributed by atoms with E-state index in [1.807, 2.05) is 12.3 Å². The molecule has 1 heterocycles. The van der Waals surface area contributed by atoms with Crippen LogP contribution >= 0.6 is 0 Å². The lowest BCUT2D eigenvalue weighted by Crippen LogP contribution is -2.18. The first kappa shape index (κ1) is 20.8. The van der Waals surface area contributed by atoms with Crippen LogP contribution < -0.4 is 10.6 Å². The number of carbonyl (C=O) groups is 1. The van der Waals surface area contributed by atoms with E-state index < -0.39 is 11.6 Å². The predicted molar refractivity (Wildman–Crippen MR) is 101 cm³/mol. The van der Waals surface area contributed by atoms with Crippen molar-refractivity contribution in [3.8, 4) is 0 Å². The molecule has 146 valence electrons. The maximum absolute atomic E-state index is 13.3. The zero-order valence-corrected chi connectivity index (χ0v) is 15.5. The number of nitrogens with zero attached hydrogens (tertiary/aromatic N) is 1. The fraction of sp³-hybridized carbons (Fsp3) is 0.400. The second-order valence-corrected chi connectivity index (χ2v) is 6.89. The quantitative estimate of drug-likeness (QED) is 0.623. The molecule has 0 aliphatic heterocycles. The van der Waals surface area contributed by atoms with Crippen molar-refractivity contribution >= 4 is 18.0 Å². The Hall–Kier alpha value is -2.54. The van der Waals surface area contributed by atoms with Gasteiger partial charge in [-0.2, -0.15) is 0 Å². The third kappa shape index (κ3) is 6.94. The number of nitrogens with one attached hydrogen (secondary N) is 2. The van der Waals surface area contributed by atoms with Gasteiger partial charge < -0.3 is 15.7 Å². The highest BCUT2D eigenvalue weighted by Crippen LogP contribution is 2.28. The third-order valence-electron chi connectivity index (χ3n) is 4.22. The van der Waals surface area contributed by atoms with Crippen molar-refractivity contribution in [2.75, 3.05) is 11.9 Å². The second-order valence-electron chi connectivity index (χ2n) is 6.89. The number of hydrogen-bond acceptors (Lipinski definition) is 4. The van der Waals surface area contributed by atoms with E-state index in [0.29, 0.717) is 17.4 Å². The predicted octanol–water partition coefficient (Wildman–Crippen LogP) is 4.43. The van der Waals surface area contributed by atoms with Crippen LogP contribution in [0.15, 0.2) is 30.5 Å². The molecule has 2 aromatic rings. The molecule has 3 N–H and O–H groups in total. The summed E-state index contributed by atoms with van der Waals surface area (Å²) in [7, 11) is 0. The van der Waals surface area contributed by atoms with Crippen molar-refractivity contribution in [2.45, 2.75) is 39.2 Å². The van der Waals surface area contributed by atoms with Crippen LogP contribution in [0.2, 0.25) is 0 Å². The maximum Gasteiger partial charge on any atom is 0.290 e. The highest BCUT2D eigenvalue weighted by molar-refractivity contribution is 5.57. The molecule has 3 rings (SSSR count). The number of hydrogen-bond donors (Lipinski definition) is 3. The lowest BCUT2D eigenvalue weighted by atomic mass is 9.99. The lowest BCUT2D eigenvalue weighted by Gasteiger charge is -2.15. The van der Waals surface area contributed by atoms with Crippen LogP contribution in [0.1, 0.15) is 43.7 Å². The minimum Gasteiger partial charge on any atom is -0.483 e. The Morgan fingerprint density at radius 3 is 2.41 bits per heavy atom. The van der Waals surface area contributed by atoms with E-state index in [9.17, 15) is 8.78 Å². The van der Waals surface area contributed by atoms with E-state index in [0.717, 1.165) is 25.1 Å². The molecule has 7 heteroatoms. The van der Waals surface area contributed by atoms with Gasteiger partial charge in [-0.3, -0.25) is 4.79 Å². The smallest absolute Gasteiger partial charge is 0.290 e. The third-order valence-corrected chi connectivity index (χ3v) is 4.22. The summed E-state index contributed by atoms with van der Waals surface area (Å²) in [6.45, 7) is 5.86. The lowest BCUT2D eigenvalue weighted by molar-refractivity contribution is -0.122. The maximum atomic E-state index is 13.3. The Morgan fingerprint density at radius 2 is 1.85 bits per heavy atom. The topological polar surface area (TPSA) is 74.2 Å². The number of benzene rings is 1. The van der Waals surface area contributed by atoms with Crippen LogP contribution in [0.4, 0.5) is 20.3 Å². The van der Waals surface area contributed by atoms with Gasteiger partial charge in [0.1, 0.15) is 17.5 Å². The van der Waals surface area contributed by atoms with Crippen molar-refractivity contribution < 1.29 is 18.7 Å². The molecule has 0 amide bonds. The minimum atomic E-state index is -0.609. The molecule has 1 aromatic heterocycles. The fourth-order valence-electron chi connectivity index (χ4n) is 2.76. The molecular formula is C20H25F2N3O2. The molecule has 0 spiro atoms. The van der Waals surface area contributed by atoms with Gasteiger partial charge in [-0.05, 0) is 60.5 Å². The van der Waals surface area contributed by atoms with E-state index >= 15 is 0 Å². The first-order chi connectivity index (χ1) is 12.9. The van der Waals surface area contributed by atoms with Gasteiger partial charge in [0.2, 0.25) is 0 Å². The Balaban J connectivity index is 0.000000817. The summed E-state index contributed by atoms with van der Waals surface area (Å²) < 4.78 is 26.6. The standard InChI is InChI=1S/C19H23F2N3.CH2O2/c1-12(2)18-8-19(24-17-6-15(20)5-16(21)7-17)23-11-14(18)10-22-9-13-3-4-13;2-1-3/h5-8,11-13,22H,3-4,9-10H2,1-2H3,(H,23,24);1H,(H,2,3). The summed E-state index contributed by atoms with van der Waals surface area (Å²) >= 11 is 0. The fourth-order valence-corrected chi connectivity index (χ4v) is 2.76. The Labute approximate surface area is 157 Å². The van der Waals surface area contributed by atoms with Crippen molar-refractivity contribution in [1.29, 1.82) is 0 Å². The number of halogens is 2. The number of carboxylic acid groups (broad SMARTS) is 1. The minimum absolute atomic E-state index is 0.250. The molecule has 0 unspecified atom stereocenters. The van der Waals surface area contributed by atoms with Gasteiger partial charge in [0.15, 0.2) is 0 Å². The first-order valence-corrected chi connectivity index (χ1v) is 8.93. The van der Waals surface area contributed by atoms with E-state index in [4.69, 9.17) is 9.90 Å². The van der Waals surface area contributed by atoms with Crippen LogP contribution in [-0.2, 0) is 11.3 Å². The molecule has 0 saturated heterocycles. The molecule has 1 aliphatic carbocycles. The van der Waals surface area contributed by atoms with Crippen LogP contribution in [0.5, 0.6) is 0 Å². The summed E-state index contributed by atoms with van der Waals surface area (Å²) in [4.78, 5) is 12.8. The SMILES string of the molecule is CC(C)c1cc(Nc2cc(F)cc(F)c2)ncc1CNCC1CC1.O=CO. The van der Waals surface area contributed by atoms with E-state index in [1.54, 1.807) is 0 Å². The Kier molecular flexibility index (Phi) is 7.67. The molecular weight excluding hydrogens is 352 g/mol. The van der Waals surface area contributed by atoms with Crippen molar-refractivity contribution in [2.24, 2.45) is 5.92 Å². The van der Waals surface area contributed by atoms with Gasteiger partial charge in [-0.25, -0.2) is 13.8 Å². The zero-order chi connectivity index (χ0) is 19.8. The number of rotatable bonds is 7. The van der Waals surface area contributed by atoms with E-state index in [-0.39, 0.29) is 6.47 Å². The Bertz CT molecular complexity index is 745. The number of anilines is 2. The Morgan fingerprint density at radius 1 is 1.22 bits per heavy atom. The van der Waals surface area contributed by atoms with Gasteiger partial charge >= 0.3 is 0 Å². The molecule has 1 fully saturated rings. The van der Waals surface area contributed by atoms with Crippen LogP contribution in [0, 0.1) is 17.6 Å². The monoisotopic (exact) mass is 377 g/mol. The van der Waals surface area contributed by atoms with Gasteiger partial charge in [-0.15, -0.1) is 0 Å². The molecule has 27 heavy (non-hydrogen) atoms. The molecule has 1 saturated carbocycles. The summed E-state index contributed by atoms with van der Waals surface area (Å²) in [6.07, 6.45) is 4.50. The highest BCUT2D eigenvalue weighted by Gasteiger charge is 2.20. The van der Waals surface area contributed by atoms with E-state index in [1.165, 1.54) is 36.1 Å². The second kappa shape index (κ2) is 9.97. The normalized spacial score (nSPS) is 13.1. The molecule has 0 atom stereocenters. The van der Waals surface area contributed by atoms with E-state index in [2.05, 4.69) is 29.5 Å². The van der Waals surface area contributed by atoms with Gasteiger partial charge in [0.05, 0.1) is 0 Å². The summed E-state index contributed by atoms with van der Waals surface area (Å²) in [5.74, 6) is 0.555. The first-order valence-electron chi connectivity index (χ1n) is 8.93. The van der Waals surface area contributed by atoms with Gasteiger partial charge in [-0.1, -0.05) is 13.8 Å². The van der Waals surface area contributed by atoms with Crippen LogP contribution in [-0.4, -0.2) is 23.1 Å². The summed E-state index contributed by atoms with van der Waals surface area (Å²) in [5.41, 5.74) is 2.71. The average Bonchev–Trinajstić information content (AvgIpc) is 3.40. The van der Waals surface area contributed by atoms with Crippen LogP contribution in [0.3, 0.4) is 0 Å². The van der Waals surface area contributed by atoms with Crippen molar-refractivity contribution in [3.05, 3.63) is 53.2 Å². The number of aromatic nitrogens is 1. The van der Waals surface area contributed by atoms with Crippen molar-refractivity contribution in [1.82, 2.24) is 10.3 Å². The summed E-state index contributed by atoms with van der Waals surface area (Å²) in [5, 5.41) is 13.4. The largest absolute Gasteiger partial charge is 0.483 e. The van der Waals surface area contributed by atoms with Gasteiger partial charge in [0, 0.05) is 24.5 Å². The zero-order valence-electron chi connectivity index (χ0n) is 15.5.